The molecule has 1 unspecified atom stereocenters. The number of rotatable bonds is 7. The largest absolute Gasteiger partial charge is 0.478 e. The number of aliphatic hydroxyl groups excluding tert-OH is 1. The van der Waals surface area contributed by atoms with Crippen LogP contribution in [-0.4, -0.2) is 37.2 Å². The van der Waals surface area contributed by atoms with Crippen molar-refractivity contribution in [3.63, 3.8) is 0 Å². The van der Waals surface area contributed by atoms with Gasteiger partial charge in [0.15, 0.2) is 0 Å². The summed E-state index contributed by atoms with van der Waals surface area (Å²) in [6.07, 6.45) is 0.215. The minimum absolute atomic E-state index is 0.0555. The Morgan fingerprint density at radius 2 is 2.10 bits per heavy atom. The highest BCUT2D eigenvalue weighted by Gasteiger charge is 2.20. The molecule has 0 saturated carbocycles. The van der Waals surface area contributed by atoms with Crippen LogP contribution >= 0.6 is 27.5 Å². The molecule has 3 N–H and O–H groups in total. The predicted molar refractivity (Wildman–Crippen MR) is 82.2 cm³/mol. The van der Waals surface area contributed by atoms with E-state index in [0.29, 0.717) is 6.42 Å². The molecule has 21 heavy (non-hydrogen) atoms. The zero-order valence-corrected chi connectivity index (χ0v) is 14.3. The zero-order chi connectivity index (χ0) is 16.2. The normalized spacial score (nSPS) is 13.1. The van der Waals surface area contributed by atoms with E-state index in [4.69, 9.17) is 16.7 Å². The maximum absolute atomic E-state index is 12.1. The number of hydrogen-bond acceptors (Lipinski definition) is 4. The first-order valence-electron chi connectivity index (χ1n) is 6.09. The highest BCUT2D eigenvalue weighted by Crippen LogP contribution is 2.29. The monoisotopic (exact) mass is 399 g/mol. The number of aromatic carboxylic acids is 1. The number of sulfonamides is 1. The fraction of sp³-hybridized carbons (Fsp3) is 0.417. The second-order valence-electron chi connectivity index (χ2n) is 4.32. The lowest BCUT2D eigenvalue weighted by Crippen LogP contribution is -2.27. The van der Waals surface area contributed by atoms with Gasteiger partial charge in [-0.1, -0.05) is 18.5 Å². The van der Waals surface area contributed by atoms with Crippen LogP contribution in [0, 0.1) is 0 Å². The van der Waals surface area contributed by atoms with Gasteiger partial charge >= 0.3 is 5.97 Å². The van der Waals surface area contributed by atoms with E-state index in [1.54, 1.807) is 6.92 Å². The third-order valence-corrected chi connectivity index (χ3v) is 5.48. The van der Waals surface area contributed by atoms with Gasteiger partial charge in [0.2, 0.25) is 10.0 Å². The Bertz CT molecular complexity index is 635. The summed E-state index contributed by atoms with van der Waals surface area (Å²) in [5, 5.41) is 18.3. The van der Waals surface area contributed by atoms with E-state index in [-0.39, 0.29) is 32.9 Å². The van der Waals surface area contributed by atoms with Crippen LogP contribution in [0.3, 0.4) is 0 Å². The fourth-order valence-corrected chi connectivity index (χ4v) is 3.42. The number of carboxylic acid groups (broad SMARTS) is 1. The molecule has 118 valence electrons. The lowest BCUT2D eigenvalue weighted by atomic mass is 10.2. The van der Waals surface area contributed by atoms with E-state index < -0.39 is 22.1 Å². The van der Waals surface area contributed by atoms with Crippen molar-refractivity contribution in [3.8, 4) is 0 Å². The standard InChI is InChI=1S/C12H15BrClNO5S/c1-2-7(16)3-4-15-21(19,20)8-5-9(12(17)18)11(14)10(13)6-8/h5-7,15-16H,2-4H2,1H3,(H,17,18). The van der Waals surface area contributed by atoms with Gasteiger partial charge in [-0.3, -0.25) is 0 Å². The van der Waals surface area contributed by atoms with Crippen molar-refractivity contribution < 1.29 is 23.4 Å². The molecule has 0 fully saturated rings. The maximum atomic E-state index is 12.1. The van der Waals surface area contributed by atoms with Crippen LogP contribution in [0.1, 0.15) is 30.1 Å². The van der Waals surface area contributed by atoms with Gasteiger partial charge in [0, 0.05) is 11.0 Å². The minimum atomic E-state index is -3.87. The Labute approximate surface area is 136 Å². The van der Waals surface area contributed by atoms with Crippen molar-refractivity contribution in [2.75, 3.05) is 6.54 Å². The first-order chi connectivity index (χ1) is 9.69. The number of halogens is 2. The molecule has 0 aliphatic rings. The van der Waals surface area contributed by atoms with Gasteiger partial charge in [0.1, 0.15) is 0 Å². The van der Waals surface area contributed by atoms with E-state index in [9.17, 15) is 18.3 Å². The third-order valence-electron chi connectivity index (χ3n) is 2.78. The molecule has 0 heterocycles. The molecule has 1 rings (SSSR count). The molecule has 1 atom stereocenters. The summed E-state index contributed by atoms with van der Waals surface area (Å²) in [5.41, 5.74) is -0.306. The lowest BCUT2D eigenvalue weighted by Gasteiger charge is -2.11. The number of benzene rings is 1. The van der Waals surface area contributed by atoms with Gasteiger partial charge in [-0.15, -0.1) is 0 Å². The topological polar surface area (TPSA) is 104 Å². The molecule has 0 aliphatic heterocycles. The van der Waals surface area contributed by atoms with Crippen molar-refractivity contribution in [3.05, 3.63) is 27.2 Å². The highest BCUT2D eigenvalue weighted by molar-refractivity contribution is 9.10. The Hall–Kier alpha value is -0.670. The molecule has 9 heteroatoms. The molecule has 1 aromatic carbocycles. The van der Waals surface area contributed by atoms with Crippen LogP contribution < -0.4 is 4.72 Å². The van der Waals surface area contributed by atoms with Crippen molar-refractivity contribution in [2.45, 2.75) is 30.8 Å². The summed E-state index contributed by atoms with van der Waals surface area (Å²) in [6, 6.07) is 2.22. The number of carbonyl (C=O) groups is 1. The number of hydrogen-bond donors (Lipinski definition) is 3. The van der Waals surface area contributed by atoms with Crippen LogP contribution in [0.5, 0.6) is 0 Å². The van der Waals surface area contributed by atoms with E-state index >= 15 is 0 Å². The summed E-state index contributed by atoms with van der Waals surface area (Å²) in [6.45, 7) is 1.84. The minimum Gasteiger partial charge on any atom is -0.478 e. The van der Waals surface area contributed by atoms with Crippen molar-refractivity contribution in [1.29, 1.82) is 0 Å². The highest BCUT2D eigenvalue weighted by atomic mass is 79.9. The quantitative estimate of drug-likeness (QED) is 0.651. The van der Waals surface area contributed by atoms with Crippen molar-refractivity contribution in [1.82, 2.24) is 4.72 Å². The van der Waals surface area contributed by atoms with Gasteiger partial charge < -0.3 is 10.2 Å². The first-order valence-corrected chi connectivity index (χ1v) is 8.74. The number of nitrogens with one attached hydrogen (secondary N) is 1. The molecule has 0 aromatic heterocycles. The molecule has 0 spiro atoms. The molecular weight excluding hydrogens is 386 g/mol. The molecule has 0 saturated heterocycles. The Balaban J connectivity index is 3.01. The number of carboxylic acids is 1. The zero-order valence-electron chi connectivity index (χ0n) is 11.1. The van der Waals surface area contributed by atoms with Crippen LogP contribution in [0.25, 0.3) is 0 Å². The van der Waals surface area contributed by atoms with Crippen LogP contribution in [-0.2, 0) is 10.0 Å². The average molecular weight is 401 g/mol. The molecule has 6 nitrogen and oxygen atoms in total. The Morgan fingerprint density at radius 3 is 2.62 bits per heavy atom. The van der Waals surface area contributed by atoms with E-state index in [1.807, 2.05) is 0 Å². The summed E-state index contributed by atoms with van der Waals surface area (Å²) in [4.78, 5) is 10.8. The van der Waals surface area contributed by atoms with Crippen LogP contribution in [0.4, 0.5) is 0 Å². The summed E-state index contributed by atoms with van der Waals surface area (Å²) >= 11 is 8.83. The van der Waals surface area contributed by atoms with Gasteiger partial charge in [-0.2, -0.15) is 0 Å². The second kappa shape index (κ2) is 7.55. The smallest absolute Gasteiger partial charge is 0.337 e. The van der Waals surface area contributed by atoms with Gasteiger partial charge in [-0.05, 0) is 40.9 Å². The third kappa shape index (κ3) is 4.93. The maximum Gasteiger partial charge on any atom is 0.337 e. The SMILES string of the molecule is CCC(O)CCNS(=O)(=O)c1cc(Br)c(Cl)c(C(=O)O)c1. The number of aliphatic hydroxyl groups is 1. The van der Waals surface area contributed by atoms with E-state index in [1.165, 1.54) is 6.07 Å². The molecule has 0 aliphatic carbocycles. The van der Waals surface area contributed by atoms with Crippen LogP contribution in [0.2, 0.25) is 5.02 Å². The summed E-state index contributed by atoms with van der Waals surface area (Å²) in [7, 11) is -3.87. The van der Waals surface area contributed by atoms with Gasteiger partial charge in [0.05, 0.1) is 21.6 Å². The first kappa shape index (κ1) is 18.4. The van der Waals surface area contributed by atoms with Gasteiger partial charge in [0.25, 0.3) is 0 Å². The molecule has 0 amide bonds. The second-order valence-corrected chi connectivity index (χ2v) is 7.32. The van der Waals surface area contributed by atoms with Crippen molar-refractivity contribution in [2.24, 2.45) is 0 Å². The molecular formula is C12H15BrClNO5S. The molecule has 0 radical (unpaired) electrons. The summed E-state index contributed by atoms with van der Waals surface area (Å²) < 4.78 is 26.7. The van der Waals surface area contributed by atoms with E-state index in [2.05, 4.69) is 20.7 Å². The molecule has 0 bridgehead atoms. The Kier molecular flexibility index (Phi) is 6.61. The Morgan fingerprint density at radius 1 is 1.48 bits per heavy atom. The van der Waals surface area contributed by atoms with Crippen LogP contribution in [0.15, 0.2) is 21.5 Å². The average Bonchev–Trinajstić information content (AvgIpc) is 2.40. The fourth-order valence-electron chi connectivity index (χ4n) is 1.52. The predicted octanol–water partition coefficient (Wildman–Crippen LogP) is 2.24. The van der Waals surface area contributed by atoms with Gasteiger partial charge in [-0.25, -0.2) is 17.9 Å². The van der Waals surface area contributed by atoms with Crippen molar-refractivity contribution >= 4 is 43.5 Å². The summed E-state index contributed by atoms with van der Waals surface area (Å²) in [5.74, 6) is -1.32. The lowest BCUT2D eigenvalue weighted by molar-refractivity contribution is 0.0696. The molecule has 1 aromatic rings. The van der Waals surface area contributed by atoms with E-state index in [0.717, 1.165) is 6.07 Å².